The Hall–Kier alpha value is -1.29. The summed E-state index contributed by atoms with van der Waals surface area (Å²) in [4.78, 5) is 0. The summed E-state index contributed by atoms with van der Waals surface area (Å²) in [7, 11) is 0. The number of hydrogen-bond acceptors (Lipinski definition) is 3. The van der Waals surface area contributed by atoms with Crippen molar-refractivity contribution in [1.29, 1.82) is 0 Å². The zero-order chi connectivity index (χ0) is 16.5. The highest BCUT2D eigenvalue weighted by Gasteiger charge is 2.39. The van der Waals surface area contributed by atoms with Crippen molar-refractivity contribution in [3.63, 3.8) is 0 Å². The van der Waals surface area contributed by atoms with Gasteiger partial charge in [0.1, 0.15) is 5.67 Å². The summed E-state index contributed by atoms with van der Waals surface area (Å²) in [6.07, 6.45) is 6.43. The van der Waals surface area contributed by atoms with Crippen LogP contribution in [0.4, 0.5) is 4.39 Å². The molecule has 1 aromatic carbocycles. The number of alkyl halides is 1. The average Bonchev–Trinajstić information content (AvgIpc) is 2.78. The monoisotopic (exact) mass is 321 g/mol. The molecule has 0 atom stereocenters. The molecule has 1 heterocycles. The SMILES string of the molecule is CC(C)(F)c1cc2c(cc1C1(CN)CCCCC1)OCCCO2. The lowest BCUT2D eigenvalue weighted by Crippen LogP contribution is -2.39. The van der Waals surface area contributed by atoms with E-state index >= 15 is 0 Å². The van der Waals surface area contributed by atoms with Gasteiger partial charge in [0.15, 0.2) is 11.5 Å². The topological polar surface area (TPSA) is 44.5 Å². The molecule has 0 saturated heterocycles. The molecule has 0 aromatic heterocycles. The minimum absolute atomic E-state index is 0.137. The van der Waals surface area contributed by atoms with Gasteiger partial charge in [0.05, 0.1) is 13.2 Å². The van der Waals surface area contributed by atoms with Gasteiger partial charge in [0.25, 0.3) is 0 Å². The second-order valence-corrected chi connectivity index (χ2v) is 7.41. The van der Waals surface area contributed by atoms with Crippen LogP contribution in [0.2, 0.25) is 0 Å². The van der Waals surface area contributed by atoms with Gasteiger partial charge < -0.3 is 15.2 Å². The molecule has 0 amide bonds. The molecular formula is C19H28FNO2. The summed E-state index contributed by atoms with van der Waals surface area (Å²) in [6.45, 7) is 5.03. The van der Waals surface area contributed by atoms with Crippen molar-refractivity contribution >= 4 is 0 Å². The molecular weight excluding hydrogens is 293 g/mol. The highest BCUT2D eigenvalue weighted by Crippen LogP contribution is 2.47. The molecule has 23 heavy (non-hydrogen) atoms. The van der Waals surface area contributed by atoms with Crippen molar-refractivity contribution in [1.82, 2.24) is 0 Å². The van der Waals surface area contributed by atoms with Crippen LogP contribution in [0.25, 0.3) is 0 Å². The molecule has 4 heteroatoms. The van der Waals surface area contributed by atoms with E-state index in [0.29, 0.717) is 31.1 Å². The molecule has 1 fully saturated rings. The third-order valence-corrected chi connectivity index (χ3v) is 5.30. The fraction of sp³-hybridized carbons (Fsp3) is 0.684. The van der Waals surface area contributed by atoms with Gasteiger partial charge in [-0.1, -0.05) is 19.3 Å². The molecule has 3 rings (SSSR count). The van der Waals surface area contributed by atoms with E-state index in [-0.39, 0.29) is 5.41 Å². The summed E-state index contributed by atoms with van der Waals surface area (Å²) < 4.78 is 26.6. The minimum atomic E-state index is -1.43. The molecule has 1 aliphatic carbocycles. The molecule has 0 spiro atoms. The van der Waals surface area contributed by atoms with E-state index in [1.165, 1.54) is 6.42 Å². The van der Waals surface area contributed by atoms with Gasteiger partial charge >= 0.3 is 0 Å². The van der Waals surface area contributed by atoms with Crippen molar-refractivity contribution in [2.24, 2.45) is 5.73 Å². The molecule has 0 radical (unpaired) electrons. The zero-order valence-corrected chi connectivity index (χ0v) is 14.3. The van der Waals surface area contributed by atoms with E-state index in [2.05, 4.69) is 0 Å². The normalized spacial score (nSPS) is 20.9. The molecule has 1 aromatic rings. The largest absolute Gasteiger partial charge is 0.490 e. The molecule has 1 aliphatic heterocycles. The van der Waals surface area contributed by atoms with Crippen molar-refractivity contribution in [2.75, 3.05) is 19.8 Å². The predicted octanol–water partition coefficient (Wildman–Crippen LogP) is 4.21. The van der Waals surface area contributed by atoms with Gasteiger partial charge in [-0.05, 0) is 49.9 Å². The van der Waals surface area contributed by atoms with Gasteiger partial charge in [0.2, 0.25) is 0 Å². The van der Waals surface area contributed by atoms with Gasteiger partial charge in [0, 0.05) is 18.4 Å². The Bertz CT molecular complexity index is 559. The maximum Gasteiger partial charge on any atom is 0.161 e. The zero-order valence-electron chi connectivity index (χ0n) is 14.3. The molecule has 0 unspecified atom stereocenters. The lowest BCUT2D eigenvalue weighted by molar-refractivity contribution is 0.208. The first-order valence-electron chi connectivity index (χ1n) is 8.80. The second-order valence-electron chi connectivity index (χ2n) is 7.41. The summed E-state index contributed by atoms with van der Waals surface area (Å²) in [5, 5.41) is 0. The van der Waals surface area contributed by atoms with Crippen molar-refractivity contribution in [3.8, 4) is 11.5 Å². The number of hydrogen-bond donors (Lipinski definition) is 1. The van der Waals surface area contributed by atoms with Gasteiger partial charge in [-0.2, -0.15) is 0 Å². The number of nitrogens with two attached hydrogens (primary N) is 1. The summed E-state index contributed by atoms with van der Waals surface area (Å²) in [6, 6.07) is 3.86. The first-order chi connectivity index (χ1) is 11.0. The fourth-order valence-corrected chi connectivity index (χ4v) is 3.95. The van der Waals surface area contributed by atoms with Crippen LogP contribution < -0.4 is 15.2 Å². The molecule has 0 bridgehead atoms. The van der Waals surface area contributed by atoms with E-state index in [9.17, 15) is 4.39 Å². The maximum atomic E-state index is 15.0. The Morgan fingerprint density at radius 2 is 1.65 bits per heavy atom. The Labute approximate surface area is 138 Å². The first-order valence-corrected chi connectivity index (χ1v) is 8.80. The van der Waals surface area contributed by atoms with Crippen LogP contribution >= 0.6 is 0 Å². The molecule has 3 nitrogen and oxygen atoms in total. The van der Waals surface area contributed by atoms with Crippen molar-refractivity contribution < 1.29 is 13.9 Å². The summed E-state index contributed by atoms with van der Waals surface area (Å²) in [5.74, 6) is 1.40. The highest BCUT2D eigenvalue weighted by molar-refractivity contribution is 5.52. The van der Waals surface area contributed by atoms with Crippen molar-refractivity contribution in [3.05, 3.63) is 23.3 Å². The van der Waals surface area contributed by atoms with E-state index in [0.717, 1.165) is 43.4 Å². The van der Waals surface area contributed by atoms with Crippen LogP contribution in [0, 0.1) is 0 Å². The summed E-state index contributed by atoms with van der Waals surface area (Å²) >= 11 is 0. The van der Waals surface area contributed by atoms with Crippen molar-refractivity contribution in [2.45, 2.75) is 63.5 Å². The Balaban J connectivity index is 2.15. The standard InChI is InChI=1S/C19H28FNO2/c1-18(2,20)14-11-16-17(23-10-6-9-22-16)12-15(14)19(13-21)7-4-3-5-8-19/h11-12H,3-10,13,21H2,1-2H3. The van der Waals surface area contributed by atoms with Crippen LogP contribution in [0.1, 0.15) is 63.5 Å². The predicted molar refractivity (Wildman–Crippen MR) is 90.0 cm³/mol. The highest BCUT2D eigenvalue weighted by atomic mass is 19.1. The van der Waals surface area contributed by atoms with Crippen LogP contribution in [0.5, 0.6) is 11.5 Å². The quantitative estimate of drug-likeness (QED) is 0.907. The lowest BCUT2D eigenvalue weighted by atomic mass is 9.67. The van der Waals surface area contributed by atoms with E-state index in [4.69, 9.17) is 15.2 Å². The Morgan fingerprint density at radius 1 is 1.04 bits per heavy atom. The van der Waals surface area contributed by atoms with Gasteiger partial charge in [-0.25, -0.2) is 4.39 Å². The fourth-order valence-electron chi connectivity index (χ4n) is 3.95. The number of rotatable bonds is 3. The van der Waals surface area contributed by atoms with Crippen LogP contribution in [-0.2, 0) is 11.1 Å². The van der Waals surface area contributed by atoms with E-state index < -0.39 is 5.67 Å². The molecule has 2 N–H and O–H groups in total. The molecule has 2 aliphatic rings. The Kier molecular flexibility index (Phi) is 4.54. The number of fused-ring (bicyclic) bond motifs is 1. The molecule has 128 valence electrons. The van der Waals surface area contributed by atoms with E-state index in [1.54, 1.807) is 13.8 Å². The van der Waals surface area contributed by atoms with Crippen LogP contribution in [0.3, 0.4) is 0 Å². The molecule has 1 saturated carbocycles. The lowest BCUT2D eigenvalue weighted by Gasteiger charge is -2.40. The van der Waals surface area contributed by atoms with Gasteiger partial charge in [-0.3, -0.25) is 0 Å². The van der Waals surface area contributed by atoms with Gasteiger partial charge in [-0.15, -0.1) is 0 Å². The maximum absolute atomic E-state index is 15.0. The first kappa shape index (κ1) is 16.6. The summed E-state index contributed by atoms with van der Waals surface area (Å²) in [5.41, 5.74) is 6.35. The Morgan fingerprint density at radius 3 is 2.22 bits per heavy atom. The second kappa shape index (κ2) is 6.31. The third-order valence-electron chi connectivity index (χ3n) is 5.30. The van der Waals surface area contributed by atoms with Crippen LogP contribution in [0.15, 0.2) is 12.1 Å². The number of ether oxygens (including phenoxy) is 2. The number of benzene rings is 1. The number of halogens is 1. The third kappa shape index (κ3) is 3.18. The minimum Gasteiger partial charge on any atom is -0.490 e. The van der Waals surface area contributed by atoms with Crippen LogP contribution in [-0.4, -0.2) is 19.8 Å². The smallest absolute Gasteiger partial charge is 0.161 e. The van der Waals surface area contributed by atoms with E-state index in [1.807, 2.05) is 12.1 Å². The average molecular weight is 321 g/mol.